The van der Waals surface area contributed by atoms with E-state index in [0.29, 0.717) is 18.7 Å². The van der Waals surface area contributed by atoms with E-state index in [1.54, 1.807) is 11.7 Å². The van der Waals surface area contributed by atoms with Gasteiger partial charge in [-0.05, 0) is 31.0 Å². The summed E-state index contributed by atoms with van der Waals surface area (Å²) in [6, 6.07) is 13.1. The highest BCUT2D eigenvalue weighted by Gasteiger charge is 2.14. The minimum absolute atomic E-state index is 0.0116. The molecule has 0 fully saturated rings. The molecule has 0 bridgehead atoms. The Hall–Kier alpha value is -1.91. The second-order valence-electron chi connectivity index (χ2n) is 5.12. The topological polar surface area (TPSA) is 57.2 Å². The third kappa shape index (κ3) is 3.60. The average Bonchev–Trinajstić information content (AvgIpc) is 2.51. The van der Waals surface area contributed by atoms with Crippen molar-refractivity contribution in [1.82, 2.24) is 4.57 Å². The van der Waals surface area contributed by atoms with E-state index >= 15 is 0 Å². The van der Waals surface area contributed by atoms with E-state index in [2.05, 4.69) is 0 Å². The second-order valence-corrected chi connectivity index (χ2v) is 5.12. The van der Waals surface area contributed by atoms with E-state index in [1.807, 2.05) is 49.4 Å². The number of methoxy groups -OCH3 is 1. The number of ether oxygens (including phenoxy) is 1. The number of benzene rings is 1. The smallest absolute Gasteiger partial charge is 0.255 e. The van der Waals surface area contributed by atoms with Crippen LogP contribution in [-0.2, 0) is 11.3 Å². The first-order valence-electron chi connectivity index (χ1n) is 7.15. The van der Waals surface area contributed by atoms with Gasteiger partial charge in [0.05, 0.1) is 6.04 Å². The Labute approximate surface area is 125 Å². The molecule has 1 aromatic carbocycles. The molecular weight excluding hydrogens is 264 g/mol. The van der Waals surface area contributed by atoms with Gasteiger partial charge < -0.3 is 15.0 Å². The van der Waals surface area contributed by atoms with Gasteiger partial charge in [-0.2, -0.15) is 0 Å². The number of aryl methyl sites for hydroxylation is 1. The van der Waals surface area contributed by atoms with Crippen LogP contribution in [0.1, 0.15) is 29.3 Å². The normalized spacial score (nSPS) is 12.3. The number of hydrogen-bond acceptors (Lipinski definition) is 3. The number of aromatic nitrogens is 1. The van der Waals surface area contributed by atoms with Crippen LogP contribution in [0.5, 0.6) is 0 Å². The van der Waals surface area contributed by atoms with Crippen LogP contribution in [0.2, 0.25) is 0 Å². The monoisotopic (exact) mass is 286 g/mol. The van der Waals surface area contributed by atoms with Crippen LogP contribution in [0.3, 0.4) is 0 Å². The quantitative estimate of drug-likeness (QED) is 0.829. The zero-order chi connectivity index (χ0) is 15.2. The standard InChI is InChI=1S/C17H22N2O2/c1-13-9-10-15(16(18)14-7-4-3-5-8-14)17(20)19(13)11-6-12-21-2/h3-5,7-10,16H,6,11-12,18H2,1-2H3. The molecule has 0 aliphatic heterocycles. The zero-order valence-electron chi connectivity index (χ0n) is 12.6. The van der Waals surface area contributed by atoms with Crippen LogP contribution in [0, 0.1) is 6.92 Å². The second kappa shape index (κ2) is 7.20. The minimum atomic E-state index is -0.395. The fraction of sp³-hybridized carbons (Fsp3) is 0.353. The van der Waals surface area contributed by atoms with Gasteiger partial charge in [0.1, 0.15) is 0 Å². The Morgan fingerprint density at radius 2 is 1.90 bits per heavy atom. The number of hydrogen-bond donors (Lipinski definition) is 1. The van der Waals surface area contributed by atoms with Gasteiger partial charge in [-0.1, -0.05) is 30.3 Å². The lowest BCUT2D eigenvalue weighted by atomic mass is 10.0. The minimum Gasteiger partial charge on any atom is -0.385 e. The first kappa shape index (κ1) is 15.5. The van der Waals surface area contributed by atoms with Crippen molar-refractivity contribution in [3.63, 3.8) is 0 Å². The van der Waals surface area contributed by atoms with Crippen LogP contribution in [0.4, 0.5) is 0 Å². The van der Waals surface area contributed by atoms with Gasteiger partial charge in [0.15, 0.2) is 0 Å². The molecule has 0 saturated carbocycles. The van der Waals surface area contributed by atoms with Crippen LogP contribution < -0.4 is 11.3 Å². The molecule has 1 heterocycles. The van der Waals surface area contributed by atoms with Gasteiger partial charge in [-0.25, -0.2) is 0 Å². The summed E-state index contributed by atoms with van der Waals surface area (Å²) in [7, 11) is 1.66. The summed E-state index contributed by atoms with van der Waals surface area (Å²) in [6.07, 6.45) is 0.807. The summed E-state index contributed by atoms with van der Waals surface area (Å²) in [4.78, 5) is 12.6. The van der Waals surface area contributed by atoms with Gasteiger partial charge in [-0.3, -0.25) is 4.79 Å². The molecule has 4 nitrogen and oxygen atoms in total. The highest BCUT2D eigenvalue weighted by atomic mass is 16.5. The maximum Gasteiger partial charge on any atom is 0.255 e. The molecule has 0 aliphatic carbocycles. The largest absolute Gasteiger partial charge is 0.385 e. The van der Waals surface area contributed by atoms with E-state index in [9.17, 15) is 4.79 Å². The summed E-state index contributed by atoms with van der Waals surface area (Å²) in [6.45, 7) is 3.22. The van der Waals surface area contributed by atoms with Gasteiger partial charge in [-0.15, -0.1) is 0 Å². The molecule has 2 aromatic rings. The fourth-order valence-corrected chi connectivity index (χ4v) is 2.41. The third-order valence-electron chi connectivity index (χ3n) is 3.65. The van der Waals surface area contributed by atoms with Gasteiger partial charge in [0, 0.05) is 31.5 Å². The predicted molar refractivity (Wildman–Crippen MR) is 84.4 cm³/mol. The van der Waals surface area contributed by atoms with E-state index in [1.165, 1.54) is 0 Å². The predicted octanol–water partition coefficient (Wildman–Crippen LogP) is 2.24. The van der Waals surface area contributed by atoms with E-state index in [4.69, 9.17) is 10.5 Å². The molecule has 0 radical (unpaired) electrons. The maximum absolute atomic E-state index is 12.6. The van der Waals surface area contributed by atoms with Crippen molar-refractivity contribution in [2.24, 2.45) is 5.73 Å². The third-order valence-corrected chi connectivity index (χ3v) is 3.65. The first-order chi connectivity index (χ1) is 10.1. The summed E-state index contributed by atoms with van der Waals surface area (Å²) < 4.78 is 6.83. The molecule has 112 valence electrons. The molecule has 0 aliphatic rings. The van der Waals surface area contributed by atoms with Gasteiger partial charge in [0.2, 0.25) is 0 Å². The lowest BCUT2D eigenvalue weighted by Crippen LogP contribution is -2.30. The molecule has 0 saturated heterocycles. The fourth-order valence-electron chi connectivity index (χ4n) is 2.41. The Morgan fingerprint density at radius 3 is 2.57 bits per heavy atom. The number of nitrogens with zero attached hydrogens (tertiary/aromatic N) is 1. The van der Waals surface area contributed by atoms with Gasteiger partial charge >= 0.3 is 0 Å². The van der Waals surface area contributed by atoms with Crippen molar-refractivity contribution < 1.29 is 4.74 Å². The molecule has 0 amide bonds. The molecule has 1 aromatic heterocycles. The van der Waals surface area contributed by atoms with Crippen molar-refractivity contribution >= 4 is 0 Å². The number of rotatable bonds is 6. The first-order valence-corrected chi connectivity index (χ1v) is 7.15. The molecule has 1 unspecified atom stereocenters. The Kier molecular flexibility index (Phi) is 5.31. The van der Waals surface area contributed by atoms with Crippen LogP contribution >= 0.6 is 0 Å². The van der Waals surface area contributed by atoms with Crippen LogP contribution in [0.25, 0.3) is 0 Å². The van der Waals surface area contributed by atoms with Crippen molar-refractivity contribution in [2.45, 2.75) is 25.9 Å². The van der Waals surface area contributed by atoms with Gasteiger partial charge in [0.25, 0.3) is 5.56 Å². The van der Waals surface area contributed by atoms with E-state index in [0.717, 1.165) is 17.7 Å². The molecule has 1 atom stereocenters. The molecular formula is C17H22N2O2. The van der Waals surface area contributed by atoms with Crippen molar-refractivity contribution in [2.75, 3.05) is 13.7 Å². The highest BCUT2D eigenvalue weighted by molar-refractivity contribution is 5.30. The lowest BCUT2D eigenvalue weighted by Gasteiger charge is -2.16. The average molecular weight is 286 g/mol. The molecule has 4 heteroatoms. The van der Waals surface area contributed by atoms with Crippen molar-refractivity contribution in [3.8, 4) is 0 Å². The summed E-state index contributed by atoms with van der Waals surface area (Å²) in [5.74, 6) is 0. The maximum atomic E-state index is 12.6. The van der Waals surface area contributed by atoms with Crippen molar-refractivity contribution in [3.05, 3.63) is 69.6 Å². The Morgan fingerprint density at radius 1 is 1.19 bits per heavy atom. The van der Waals surface area contributed by atoms with Crippen LogP contribution in [-0.4, -0.2) is 18.3 Å². The van der Waals surface area contributed by atoms with E-state index < -0.39 is 6.04 Å². The molecule has 2 rings (SSSR count). The van der Waals surface area contributed by atoms with Crippen molar-refractivity contribution in [1.29, 1.82) is 0 Å². The number of pyridine rings is 1. The Bertz CT molecular complexity index is 635. The Balaban J connectivity index is 2.33. The number of nitrogens with two attached hydrogens (primary N) is 1. The molecule has 0 spiro atoms. The summed E-state index contributed by atoms with van der Waals surface area (Å²) in [5, 5.41) is 0. The summed E-state index contributed by atoms with van der Waals surface area (Å²) >= 11 is 0. The van der Waals surface area contributed by atoms with E-state index in [-0.39, 0.29) is 5.56 Å². The molecule has 21 heavy (non-hydrogen) atoms. The SMILES string of the molecule is COCCCn1c(C)ccc(C(N)c2ccccc2)c1=O. The summed E-state index contributed by atoms with van der Waals surface area (Å²) in [5.41, 5.74) is 8.76. The highest BCUT2D eigenvalue weighted by Crippen LogP contribution is 2.16. The lowest BCUT2D eigenvalue weighted by molar-refractivity contribution is 0.189. The molecule has 2 N–H and O–H groups in total. The zero-order valence-corrected chi connectivity index (χ0v) is 12.6. The van der Waals surface area contributed by atoms with Crippen LogP contribution in [0.15, 0.2) is 47.3 Å².